The van der Waals surface area contributed by atoms with Crippen molar-refractivity contribution in [1.29, 1.82) is 5.26 Å². The number of rotatable bonds is 4. The number of nitrogens with zero attached hydrogens (tertiary/aromatic N) is 5. The van der Waals surface area contributed by atoms with Crippen molar-refractivity contribution in [3.8, 4) is 6.07 Å². The van der Waals surface area contributed by atoms with Gasteiger partial charge in [-0.2, -0.15) is 5.26 Å². The number of aromatic nitrogens is 4. The number of thioether (sulfide) groups is 1. The van der Waals surface area contributed by atoms with Crippen LogP contribution in [0.3, 0.4) is 0 Å². The monoisotopic (exact) mass is 348 g/mol. The van der Waals surface area contributed by atoms with E-state index in [1.54, 1.807) is 7.05 Å². The van der Waals surface area contributed by atoms with Crippen LogP contribution in [0.2, 0.25) is 0 Å². The molecule has 1 N–H and O–H groups in total. The van der Waals surface area contributed by atoms with Gasteiger partial charge in [-0.25, -0.2) is 4.68 Å². The predicted molar refractivity (Wildman–Crippen MR) is 88.4 cm³/mol. The molecule has 7 nitrogen and oxygen atoms in total. The Morgan fingerprint density at radius 3 is 3.13 bits per heavy atom. The average molecular weight is 348 g/mol. The molecule has 120 valence electrons. The number of tetrazole rings is 1. The molecule has 9 heteroatoms. The van der Waals surface area contributed by atoms with Crippen molar-refractivity contribution in [2.24, 2.45) is 13.0 Å². The Hall–Kier alpha value is -1.92. The number of carbonyl (C=O) groups is 1. The number of thiophene rings is 1. The molecule has 2 aromatic heterocycles. The van der Waals surface area contributed by atoms with Crippen molar-refractivity contribution in [3.63, 3.8) is 0 Å². The van der Waals surface area contributed by atoms with Crippen LogP contribution in [-0.4, -0.2) is 31.9 Å². The number of nitrogens with one attached hydrogen (secondary N) is 1. The molecule has 1 atom stereocenters. The Bertz CT molecular complexity index is 775. The number of hydrogen-bond donors (Lipinski definition) is 1. The van der Waals surface area contributed by atoms with E-state index in [1.807, 2.05) is 0 Å². The molecule has 23 heavy (non-hydrogen) atoms. The zero-order valence-corrected chi connectivity index (χ0v) is 14.5. The van der Waals surface area contributed by atoms with E-state index in [9.17, 15) is 10.1 Å². The molecule has 0 unspecified atom stereocenters. The molecule has 0 fully saturated rings. The third kappa shape index (κ3) is 3.38. The van der Waals surface area contributed by atoms with Crippen LogP contribution in [0.15, 0.2) is 5.16 Å². The van der Waals surface area contributed by atoms with Gasteiger partial charge in [-0.05, 0) is 41.2 Å². The zero-order valence-electron chi connectivity index (χ0n) is 12.9. The Labute approximate surface area is 142 Å². The summed E-state index contributed by atoms with van der Waals surface area (Å²) in [6, 6.07) is 2.26. The van der Waals surface area contributed by atoms with E-state index in [4.69, 9.17) is 0 Å². The molecule has 3 rings (SSSR count). The minimum atomic E-state index is -0.152. The molecule has 2 aromatic rings. The van der Waals surface area contributed by atoms with E-state index in [2.05, 4.69) is 33.8 Å². The lowest BCUT2D eigenvalue weighted by atomic mass is 9.89. The van der Waals surface area contributed by atoms with Crippen molar-refractivity contribution >= 4 is 34.0 Å². The standard InChI is InChI=1S/C14H16N6OS2/c1-8-3-4-9-10(6-15)13(23-11(9)5-8)16-12(21)7-22-14-17-18-19-20(14)2/h8H,3-5,7H2,1-2H3,(H,16,21)/t8-/m0/s1. The highest BCUT2D eigenvalue weighted by Crippen LogP contribution is 2.39. The molecule has 0 bridgehead atoms. The summed E-state index contributed by atoms with van der Waals surface area (Å²) in [5.41, 5.74) is 1.76. The molecule has 0 spiro atoms. The summed E-state index contributed by atoms with van der Waals surface area (Å²) in [6.45, 7) is 2.22. The Kier molecular flexibility index (Phi) is 4.63. The largest absolute Gasteiger partial charge is 0.316 e. The lowest BCUT2D eigenvalue weighted by molar-refractivity contribution is -0.113. The summed E-state index contributed by atoms with van der Waals surface area (Å²) in [5.74, 6) is 0.689. The predicted octanol–water partition coefficient (Wildman–Crippen LogP) is 2.00. The first-order chi connectivity index (χ1) is 11.1. The van der Waals surface area contributed by atoms with Crippen molar-refractivity contribution in [2.75, 3.05) is 11.1 Å². The number of nitriles is 1. The van der Waals surface area contributed by atoms with Gasteiger partial charge in [-0.1, -0.05) is 18.7 Å². The van der Waals surface area contributed by atoms with E-state index < -0.39 is 0 Å². The van der Waals surface area contributed by atoms with Gasteiger partial charge in [0.05, 0.1) is 11.3 Å². The summed E-state index contributed by atoms with van der Waals surface area (Å²) in [4.78, 5) is 13.4. The lowest BCUT2D eigenvalue weighted by Gasteiger charge is -2.17. The minimum absolute atomic E-state index is 0.152. The second kappa shape index (κ2) is 6.68. The fourth-order valence-electron chi connectivity index (χ4n) is 2.59. The van der Waals surface area contributed by atoms with Gasteiger partial charge in [0.25, 0.3) is 0 Å². The van der Waals surface area contributed by atoms with Crippen molar-refractivity contribution in [1.82, 2.24) is 20.2 Å². The molecule has 1 aliphatic carbocycles. The molecule has 0 aliphatic heterocycles. The van der Waals surface area contributed by atoms with E-state index in [0.717, 1.165) is 24.8 Å². The van der Waals surface area contributed by atoms with Gasteiger partial charge in [0, 0.05) is 11.9 Å². The highest BCUT2D eigenvalue weighted by atomic mass is 32.2. The average Bonchev–Trinajstić information content (AvgIpc) is 3.07. The summed E-state index contributed by atoms with van der Waals surface area (Å²) in [5, 5.41) is 24.6. The Morgan fingerprint density at radius 1 is 1.61 bits per heavy atom. The van der Waals surface area contributed by atoms with E-state index >= 15 is 0 Å². The summed E-state index contributed by atoms with van der Waals surface area (Å²) in [6.07, 6.45) is 3.01. The second-order valence-electron chi connectivity index (χ2n) is 5.59. The molecule has 0 radical (unpaired) electrons. The maximum absolute atomic E-state index is 12.2. The highest BCUT2D eigenvalue weighted by molar-refractivity contribution is 7.99. The van der Waals surface area contributed by atoms with Crippen molar-refractivity contribution < 1.29 is 4.79 Å². The molecular weight excluding hydrogens is 332 g/mol. The molecule has 0 saturated heterocycles. The molecule has 0 aromatic carbocycles. The van der Waals surface area contributed by atoms with E-state index in [0.29, 0.717) is 21.6 Å². The maximum atomic E-state index is 12.2. The first-order valence-corrected chi connectivity index (χ1v) is 9.08. The summed E-state index contributed by atoms with van der Waals surface area (Å²) >= 11 is 2.80. The van der Waals surface area contributed by atoms with E-state index in [1.165, 1.54) is 32.7 Å². The molecule has 2 heterocycles. The number of hydrogen-bond acceptors (Lipinski definition) is 7. The molecule has 1 aliphatic rings. The van der Waals surface area contributed by atoms with E-state index in [-0.39, 0.29) is 11.7 Å². The normalized spacial score (nSPS) is 16.7. The van der Waals surface area contributed by atoms with Gasteiger partial charge < -0.3 is 5.32 Å². The van der Waals surface area contributed by atoms with Gasteiger partial charge in [0.2, 0.25) is 11.1 Å². The summed E-state index contributed by atoms with van der Waals surface area (Å²) < 4.78 is 1.52. The maximum Gasteiger partial charge on any atom is 0.235 e. The fourth-order valence-corrected chi connectivity index (χ4v) is 4.62. The van der Waals surface area contributed by atoms with Crippen LogP contribution in [0.25, 0.3) is 0 Å². The number of carbonyl (C=O) groups excluding carboxylic acids is 1. The number of aryl methyl sites for hydroxylation is 1. The SMILES string of the molecule is C[C@H]1CCc2c(sc(NC(=O)CSc3nnnn3C)c2C#N)C1. The van der Waals surface area contributed by atoms with Crippen LogP contribution >= 0.6 is 23.1 Å². The minimum Gasteiger partial charge on any atom is -0.316 e. The van der Waals surface area contributed by atoms with Crippen molar-refractivity contribution in [3.05, 3.63) is 16.0 Å². The van der Waals surface area contributed by atoms with Gasteiger partial charge in [-0.15, -0.1) is 16.4 Å². The third-order valence-electron chi connectivity index (χ3n) is 3.79. The van der Waals surface area contributed by atoms with Gasteiger partial charge in [0.15, 0.2) is 0 Å². The molecular formula is C14H16N6OS2. The molecule has 0 saturated carbocycles. The zero-order chi connectivity index (χ0) is 16.4. The fraction of sp³-hybridized carbons (Fsp3) is 0.500. The highest BCUT2D eigenvalue weighted by Gasteiger charge is 2.24. The number of fused-ring (bicyclic) bond motifs is 1. The summed E-state index contributed by atoms with van der Waals surface area (Å²) in [7, 11) is 1.72. The van der Waals surface area contributed by atoms with Crippen molar-refractivity contribution in [2.45, 2.75) is 31.3 Å². The first kappa shape index (κ1) is 16.0. The van der Waals surface area contributed by atoms with Crippen LogP contribution in [0, 0.1) is 17.2 Å². The van der Waals surface area contributed by atoms with Crippen LogP contribution in [0.4, 0.5) is 5.00 Å². The van der Waals surface area contributed by atoms with Crippen LogP contribution in [0.5, 0.6) is 0 Å². The van der Waals surface area contributed by atoms with Crippen LogP contribution < -0.4 is 5.32 Å². The van der Waals surface area contributed by atoms with Crippen LogP contribution in [0.1, 0.15) is 29.3 Å². The molecule has 1 amide bonds. The quantitative estimate of drug-likeness (QED) is 0.849. The van der Waals surface area contributed by atoms with Gasteiger partial charge in [-0.3, -0.25) is 4.79 Å². The topological polar surface area (TPSA) is 96.5 Å². The Balaban J connectivity index is 1.69. The van der Waals surface area contributed by atoms with Crippen LogP contribution in [-0.2, 0) is 24.7 Å². The first-order valence-electron chi connectivity index (χ1n) is 7.28. The number of anilines is 1. The second-order valence-corrected chi connectivity index (χ2v) is 7.64. The number of amides is 1. The smallest absolute Gasteiger partial charge is 0.235 e. The van der Waals surface area contributed by atoms with Gasteiger partial charge >= 0.3 is 0 Å². The third-order valence-corrected chi connectivity index (χ3v) is 5.97. The Morgan fingerprint density at radius 2 is 2.43 bits per heavy atom. The van der Waals surface area contributed by atoms with Gasteiger partial charge in [0.1, 0.15) is 11.1 Å². The lowest BCUT2D eigenvalue weighted by Crippen LogP contribution is -2.14.